The van der Waals surface area contributed by atoms with Gasteiger partial charge in [0, 0.05) is 5.92 Å². The number of nitrogens with zero attached hydrogens (tertiary/aromatic N) is 1. The number of benzene rings is 1. The molecule has 1 aromatic carbocycles. The highest BCUT2D eigenvalue weighted by Crippen LogP contribution is 2.22. The van der Waals surface area contributed by atoms with E-state index in [4.69, 9.17) is 0 Å². The van der Waals surface area contributed by atoms with Gasteiger partial charge >= 0.3 is 0 Å². The maximum Gasteiger partial charge on any atom is 0.223 e. The predicted octanol–water partition coefficient (Wildman–Crippen LogP) is 3.42. The number of carbonyl (C=O) groups is 1. The van der Waals surface area contributed by atoms with E-state index < -0.39 is 0 Å². The molecule has 0 aliphatic rings. The summed E-state index contributed by atoms with van der Waals surface area (Å²) in [5.74, 6) is 1.23. The van der Waals surface area contributed by atoms with Gasteiger partial charge in [0.15, 0.2) is 0 Å². The Labute approximate surface area is 120 Å². The summed E-state index contributed by atoms with van der Waals surface area (Å²) in [5.41, 5.74) is 1.94. The van der Waals surface area contributed by atoms with Gasteiger partial charge in [-0.05, 0) is 24.5 Å². The van der Waals surface area contributed by atoms with Crippen LogP contribution in [0.15, 0.2) is 24.3 Å². The Morgan fingerprint density at radius 1 is 1.30 bits per heavy atom. The third kappa shape index (κ3) is 3.00. The Balaban J connectivity index is 2.26. The number of hydrogen-bond acceptors (Lipinski definition) is 2. The van der Waals surface area contributed by atoms with Crippen LogP contribution in [0.5, 0.6) is 0 Å². The number of aromatic amines is 1. The normalized spacial score (nSPS) is 14.4. The van der Waals surface area contributed by atoms with Gasteiger partial charge in [0.2, 0.25) is 5.91 Å². The lowest BCUT2D eigenvalue weighted by Crippen LogP contribution is -2.35. The average Bonchev–Trinajstić information content (AvgIpc) is 2.86. The van der Waals surface area contributed by atoms with Crippen molar-refractivity contribution in [3.8, 4) is 0 Å². The molecule has 2 N–H and O–H groups in total. The summed E-state index contributed by atoms with van der Waals surface area (Å²) in [6.45, 7) is 8.16. The maximum atomic E-state index is 12.1. The topological polar surface area (TPSA) is 57.8 Å². The molecule has 2 unspecified atom stereocenters. The van der Waals surface area contributed by atoms with Gasteiger partial charge in [-0.3, -0.25) is 4.79 Å². The number of hydrogen-bond donors (Lipinski definition) is 2. The number of nitrogens with one attached hydrogen (secondary N) is 2. The summed E-state index contributed by atoms with van der Waals surface area (Å²) < 4.78 is 0. The molecule has 0 spiro atoms. The lowest BCUT2D eigenvalue weighted by molar-refractivity contribution is -0.125. The van der Waals surface area contributed by atoms with Gasteiger partial charge in [0.25, 0.3) is 0 Å². The molecule has 0 radical (unpaired) electrons. The van der Waals surface area contributed by atoms with E-state index in [0.717, 1.165) is 23.3 Å². The first kappa shape index (κ1) is 14.6. The quantitative estimate of drug-likeness (QED) is 0.877. The molecule has 1 heterocycles. The van der Waals surface area contributed by atoms with Crippen LogP contribution in [0.2, 0.25) is 0 Å². The second kappa shape index (κ2) is 6.07. The molecular formula is C16H23N3O. The Morgan fingerprint density at radius 3 is 2.60 bits per heavy atom. The highest BCUT2D eigenvalue weighted by Gasteiger charge is 2.23. The Bertz CT molecular complexity index is 555. The molecule has 1 aromatic heterocycles. The molecular weight excluding hydrogens is 250 g/mol. The van der Waals surface area contributed by atoms with Crippen LogP contribution in [0.1, 0.15) is 46.0 Å². The van der Waals surface area contributed by atoms with E-state index in [0.29, 0.717) is 0 Å². The first-order valence-corrected chi connectivity index (χ1v) is 7.28. The van der Waals surface area contributed by atoms with E-state index in [1.807, 2.05) is 38.1 Å². The molecule has 2 atom stereocenters. The fourth-order valence-corrected chi connectivity index (χ4v) is 2.15. The van der Waals surface area contributed by atoms with Crippen molar-refractivity contribution in [2.75, 3.05) is 0 Å². The van der Waals surface area contributed by atoms with E-state index in [2.05, 4.69) is 29.1 Å². The first-order chi connectivity index (χ1) is 9.52. The van der Waals surface area contributed by atoms with Gasteiger partial charge in [-0.1, -0.05) is 39.8 Å². The van der Waals surface area contributed by atoms with Crippen molar-refractivity contribution in [2.24, 2.45) is 11.8 Å². The standard InChI is InChI=1S/C16H23N3O/c1-5-11(4)16(20)19-14(10(2)3)15-17-12-8-6-7-9-13(12)18-15/h6-11,14H,5H2,1-4H3,(H,17,18)(H,19,20). The summed E-state index contributed by atoms with van der Waals surface area (Å²) in [5, 5.41) is 3.11. The molecule has 1 amide bonds. The van der Waals surface area contributed by atoms with Crippen LogP contribution in [0.3, 0.4) is 0 Å². The number of carbonyl (C=O) groups excluding carboxylic acids is 1. The number of fused-ring (bicyclic) bond motifs is 1. The second-order valence-electron chi connectivity index (χ2n) is 5.68. The van der Waals surface area contributed by atoms with Crippen molar-refractivity contribution in [3.63, 3.8) is 0 Å². The number of H-pyrrole nitrogens is 1. The lowest BCUT2D eigenvalue weighted by atomic mass is 10.0. The molecule has 0 fully saturated rings. The SMILES string of the molecule is CCC(C)C(=O)NC(c1nc2ccccc2[nH]1)C(C)C. The van der Waals surface area contributed by atoms with Crippen LogP contribution in [0.4, 0.5) is 0 Å². The van der Waals surface area contributed by atoms with Gasteiger partial charge in [-0.25, -0.2) is 4.98 Å². The fourth-order valence-electron chi connectivity index (χ4n) is 2.15. The number of aromatic nitrogens is 2. The summed E-state index contributed by atoms with van der Waals surface area (Å²) in [6.07, 6.45) is 0.844. The number of rotatable bonds is 5. The molecule has 0 aliphatic carbocycles. The summed E-state index contributed by atoms with van der Waals surface area (Å²) in [4.78, 5) is 20.0. The second-order valence-corrected chi connectivity index (χ2v) is 5.68. The average molecular weight is 273 g/mol. The van der Waals surface area contributed by atoms with Crippen molar-refractivity contribution >= 4 is 16.9 Å². The number of para-hydroxylation sites is 2. The zero-order valence-electron chi connectivity index (χ0n) is 12.6. The van der Waals surface area contributed by atoms with Gasteiger partial charge < -0.3 is 10.3 Å². The van der Waals surface area contributed by atoms with Gasteiger partial charge in [0.05, 0.1) is 17.1 Å². The van der Waals surface area contributed by atoms with Crippen molar-refractivity contribution in [1.29, 1.82) is 0 Å². The molecule has 108 valence electrons. The maximum absolute atomic E-state index is 12.1. The zero-order chi connectivity index (χ0) is 14.7. The fraction of sp³-hybridized carbons (Fsp3) is 0.500. The van der Waals surface area contributed by atoms with Crippen LogP contribution in [-0.4, -0.2) is 15.9 Å². The molecule has 0 saturated heterocycles. The molecule has 20 heavy (non-hydrogen) atoms. The summed E-state index contributed by atoms with van der Waals surface area (Å²) >= 11 is 0. The van der Waals surface area contributed by atoms with Crippen molar-refractivity contribution in [2.45, 2.75) is 40.2 Å². The minimum atomic E-state index is -0.0797. The highest BCUT2D eigenvalue weighted by atomic mass is 16.1. The smallest absolute Gasteiger partial charge is 0.223 e. The van der Waals surface area contributed by atoms with Crippen molar-refractivity contribution in [3.05, 3.63) is 30.1 Å². The minimum Gasteiger partial charge on any atom is -0.346 e. The van der Waals surface area contributed by atoms with Crippen LogP contribution < -0.4 is 5.32 Å². The molecule has 2 aromatic rings. The minimum absolute atomic E-state index is 0.0284. The predicted molar refractivity (Wildman–Crippen MR) is 81.3 cm³/mol. The molecule has 2 rings (SSSR count). The van der Waals surface area contributed by atoms with Gasteiger partial charge in [-0.15, -0.1) is 0 Å². The Kier molecular flexibility index (Phi) is 4.42. The van der Waals surface area contributed by atoms with E-state index in [1.165, 1.54) is 0 Å². The monoisotopic (exact) mass is 273 g/mol. The van der Waals surface area contributed by atoms with E-state index in [1.54, 1.807) is 0 Å². The Hall–Kier alpha value is -1.84. The molecule has 4 nitrogen and oxygen atoms in total. The van der Waals surface area contributed by atoms with E-state index in [9.17, 15) is 4.79 Å². The van der Waals surface area contributed by atoms with Crippen molar-refractivity contribution < 1.29 is 4.79 Å². The molecule has 0 saturated carbocycles. The molecule has 0 aliphatic heterocycles. The van der Waals surface area contributed by atoms with Crippen LogP contribution >= 0.6 is 0 Å². The van der Waals surface area contributed by atoms with Crippen LogP contribution in [-0.2, 0) is 4.79 Å². The zero-order valence-corrected chi connectivity index (χ0v) is 12.6. The van der Waals surface area contributed by atoms with Crippen molar-refractivity contribution in [1.82, 2.24) is 15.3 Å². The molecule has 0 bridgehead atoms. The molecule has 4 heteroatoms. The lowest BCUT2D eigenvalue weighted by Gasteiger charge is -2.22. The van der Waals surface area contributed by atoms with Crippen LogP contribution in [0, 0.1) is 11.8 Å². The third-order valence-electron chi connectivity index (χ3n) is 3.73. The largest absolute Gasteiger partial charge is 0.346 e. The third-order valence-corrected chi connectivity index (χ3v) is 3.73. The Morgan fingerprint density at radius 2 is 2.00 bits per heavy atom. The summed E-state index contributed by atoms with van der Waals surface area (Å²) in [7, 11) is 0. The summed E-state index contributed by atoms with van der Waals surface area (Å²) in [6, 6.07) is 7.84. The van der Waals surface area contributed by atoms with Gasteiger partial charge in [-0.2, -0.15) is 0 Å². The van der Waals surface area contributed by atoms with E-state index in [-0.39, 0.29) is 23.8 Å². The first-order valence-electron chi connectivity index (χ1n) is 7.28. The highest BCUT2D eigenvalue weighted by molar-refractivity contribution is 5.79. The number of imidazole rings is 1. The number of amides is 1. The van der Waals surface area contributed by atoms with Gasteiger partial charge in [0.1, 0.15) is 5.82 Å². The van der Waals surface area contributed by atoms with Crippen LogP contribution in [0.25, 0.3) is 11.0 Å². The van der Waals surface area contributed by atoms with E-state index >= 15 is 0 Å².